The van der Waals surface area contributed by atoms with Gasteiger partial charge in [0, 0.05) is 6.42 Å². The van der Waals surface area contributed by atoms with Gasteiger partial charge in [0.25, 0.3) is 0 Å². The van der Waals surface area contributed by atoms with Crippen LogP contribution >= 0.6 is 0 Å². The van der Waals surface area contributed by atoms with Crippen molar-refractivity contribution in [2.75, 3.05) is 0 Å². The van der Waals surface area contributed by atoms with Crippen molar-refractivity contribution in [2.45, 2.75) is 76.7 Å². The predicted octanol–water partition coefficient (Wildman–Crippen LogP) is 6.48. The number of unbranched alkanes of at least 4 members (excludes halogenated alkanes) is 1. The zero-order valence-corrected chi connectivity index (χ0v) is 16.5. The molecular formula is C25H32O2. The number of benzene rings is 2. The van der Waals surface area contributed by atoms with Gasteiger partial charge in [-0.15, -0.1) is 0 Å². The summed E-state index contributed by atoms with van der Waals surface area (Å²) >= 11 is 0. The molecule has 2 aromatic carbocycles. The molecule has 0 radical (unpaired) electrons. The summed E-state index contributed by atoms with van der Waals surface area (Å²) in [5, 5.41) is 0. The van der Waals surface area contributed by atoms with Crippen molar-refractivity contribution in [3.63, 3.8) is 0 Å². The third-order valence-corrected chi connectivity index (χ3v) is 5.62. The molecule has 0 N–H and O–H groups in total. The lowest BCUT2D eigenvalue weighted by Crippen LogP contribution is -2.18. The smallest absolute Gasteiger partial charge is 0.129 e. The molecule has 0 amide bonds. The van der Waals surface area contributed by atoms with E-state index in [0.717, 1.165) is 37.9 Å². The van der Waals surface area contributed by atoms with Crippen molar-refractivity contribution in [3.05, 3.63) is 65.7 Å². The lowest BCUT2D eigenvalue weighted by Gasteiger charge is -2.22. The molecule has 0 aromatic heterocycles. The summed E-state index contributed by atoms with van der Waals surface area (Å²) in [7, 11) is 0. The van der Waals surface area contributed by atoms with E-state index in [2.05, 4.69) is 36.4 Å². The van der Waals surface area contributed by atoms with Gasteiger partial charge in [-0.2, -0.15) is 0 Å². The summed E-state index contributed by atoms with van der Waals surface area (Å²) in [6.07, 6.45) is 10.2. The van der Waals surface area contributed by atoms with Gasteiger partial charge in [-0.25, -0.2) is 0 Å². The number of hydrogen-bond acceptors (Lipinski definition) is 2. The molecule has 2 unspecified atom stereocenters. The second-order valence-electron chi connectivity index (χ2n) is 7.92. The van der Waals surface area contributed by atoms with Crippen LogP contribution in [0.25, 0.3) is 0 Å². The Kier molecular flexibility index (Phi) is 7.50. The molecule has 2 nitrogen and oxygen atoms in total. The molecule has 1 aliphatic rings. The summed E-state index contributed by atoms with van der Waals surface area (Å²) in [6, 6.07) is 19.4. The van der Waals surface area contributed by atoms with Gasteiger partial charge < -0.3 is 9.53 Å². The highest BCUT2D eigenvalue weighted by Gasteiger charge is 2.22. The lowest BCUT2D eigenvalue weighted by molar-refractivity contribution is -0.117. The molecule has 1 aliphatic carbocycles. The average molecular weight is 365 g/mol. The Morgan fingerprint density at radius 2 is 1.70 bits per heavy atom. The molecule has 2 aromatic rings. The first-order valence-electron chi connectivity index (χ1n) is 10.5. The molecule has 27 heavy (non-hydrogen) atoms. The third kappa shape index (κ3) is 6.53. The summed E-state index contributed by atoms with van der Waals surface area (Å²) in [5.41, 5.74) is 2.83. The highest BCUT2D eigenvalue weighted by atomic mass is 16.5. The largest absolute Gasteiger partial charge is 0.490 e. The number of aryl methyl sites for hydroxylation is 1. The monoisotopic (exact) mass is 364 g/mol. The minimum atomic E-state index is 0.297. The van der Waals surface area contributed by atoms with Crippen molar-refractivity contribution in [1.29, 1.82) is 0 Å². The average Bonchev–Trinajstić information content (AvgIpc) is 2.92. The maximum atomic E-state index is 11.0. The molecule has 0 saturated heterocycles. The number of Topliss-reactive ketones (excluding diaryl/α,β-unsaturated/α-hetero) is 1. The highest BCUT2D eigenvalue weighted by molar-refractivity contribution is 5.75. The Morgan fingerprint density at radius 3 is 2.44 bits per heavy atom. The molecule has 1 saturated carbocycles. The first-order valence-corrected chi connectivity index (χ1v) is 10.5. The van der Waals surface area contributed by atoms with Gasteiger partial charge in [-0.3, -0.25) is 0 Å². The fourth-order valence-electron chi connectivity index (χ4n) is 4.08. The van der Waals surface area contributed by atoms with E-state index in [4.69, 9.17) is 4.74 Å². The number of ether oxygens (including phenoxy) is 1. The van der Waals surface area contributed by atoms with Crippen LogP contribution < -0.4 is 4.74 Å². The van der Waals surface area contributed by atoms with E-state index in [0.29, 0.717) is 24.2 Å². The van der Waals surface area contributed by atoms with Gasteiger partial charge in [0.05, 0.1) is 6.10 Å². The minimum absolute atomic E-state index is 0.297. The van der Waals surface area contributed by atoms with Gasteiger partial charge in [-0.05, 0) is 81.0 Å². The zero-order chi connectivity index (χ0) is 18.9. The molecule has 0 aliphatic heterocycles. The Morgan fingerprint density at radius 1 is 0.963 bits per heavy atom. The number of carbonyl (C=O) groups excluding carboxylic acids is 1. The molecule has 0 bridgehead atoms. The van der Waals surface area contributed by atoms with E-state index in [-0.39, 0.29) is 0 Å². The summed E-state index contributed by atoms with van der Waals surface area (Å²) in [6.45, 7) is 1.68. The topological polar surface area (TPSA) is 26.3 Å². The Balaban J connectivity index is 1.55. The maximum Gasteiger partial charge on any atom is 0.129 e. The summed E-state index contributed by atoms with van der Waals surface area (Å²) in [5.74, 6) is 1.88. The van der Waals surface area contributed by atoms with Crippen molar-refractivity contribution in [2.24, 2.45) is 0 Å². The standard InChI is InChI=1S/C25H32O2/c1-20(26)9-5-6-10-21-15-17-22(18-16-21)23-11-7-8-14-25(19-23)27-24-12-3-2-4-13-24/h2-4,12-13,15-18,23,25H,5-11,14,19H2,1H3. The van der Waals surface area contributed by atoms with Crippen LogP contribution in [0, 0.1) is 0 Å². The molecule has 1 fully saturated rings. The van der Waals surface area contributed by atoms with Crippen LogP contribution in [0.15, 0.2) is 54.6 Å². The lowest BCUT2D eigenvalue weighted by atomic mass is 9.90. The second kappa shape index (κ2) is 10.3. The number of ketones is 1. The van der Waals surface area contributed by atoms with Crippen LogP contribution in [0.2, 0.25) is 0 Å². The zero-order valence-electron chi connectivity index (χ0n) is 16.5. The van der Waals surface area contributed by atoms with Gasteiger partial charge >= 0.3 is 0 Å². The Bertz CT molecular complexity index is 690. The van der Waals surface area contributed by atoms with Crippen LogP contribution in [0.3, 0.4) is 0 Å². The fourth-order valence-corrected chi connectivity index (χ4v) is 4.08. The van der Waals surface area contributed by atoms with E-state index >= 15 is 0 Å². The van der Waals surface area contributed by atoms with Crippen molar-refractivity contribution in [3.8, 4) is 5.75 Å². The van der Waals surface area contributed by atoms with Gasteiger partial charge in [0.2, 0.25) is 0 Å². The first kappa shape index (κ1) is 19.7. The predicted molar refractivity (Wildman–Crippen MR) is 111 cm³/mol. The SMILES string of the molecule is CC(=O)CCCCc1ccc(C2CCCCC(Oc3ccccc3)C2)cc1. The number of rotatable bonds is 8. The molecule has 0 spiro atoms. The van der Waals surface area contributed by atoms with Crippen LogP contribution in [0.1, 0.15) is 75.3 Å². The number of para-hydroxylation sites is 1. The van der Waals surface area contributed by atoms with E-state index in [1.54, 1.807) is 6.92 Å². The number of hydrogen-bond donors (Lipinski definition) is 0. The Hall–Kier alpha value is -2.09. The van der Waals surface area contributed by atoms with Gasteiger partial charge in [-0.1, -0.05) is 48.9 Å². The highest BCUT2D eigenvalue weighted by Crippen LogP contribution is 2.33. The molecule has 2 heteroatoms. The normalized spacial score (nSPS) is 20.0. The Labute approximate surface area is 164 Å². The van der Waals surface area contributed by atoms with E-state index in [1.807, 2.05) is 18.2 Å². The summed E-state index contributed by atoms with van der Waals surface area (Å²) < 4.78 is 6.27. The first-order chi connectivity index (χ1) is 13.2. The molecular weight excluding hydrogens is 332 g/mol. The van der Waals surface area contributed by atoms with Crippen molar-refractivity contribution in [1.82, 2.24) is 0 Å². The molecule has 3 rings (SSSR count). The maximum absolute atomic E-state index is 11.0. The van der Waals surface area contributed by atoms with Crippen LogP contribution in [-0.2, 0) is 11.2 Å². The molecule has 0 heterocycles. The van der Waals surface area contributed by atoms with Crippen LogP contribution in [-0.4, -0.2) is 11.9 Å². The van der Waals surface area contributed by atoms with Gasteiger partial charge in [0.1, 0.15) is 11.5 Å². The fraction of sp³-hybridized carbons (Fsp3) is 0.480. The third-order valence-electron chi connectivity index (χ3n) is 5.62. The molecule has 144 valence electrons. The van der Waals surface area contributed by atoms with Crippen LogP contribution in [0.4, 0.5) is 0 Å². The van der Waals surface area contributed by atoms with Crippen LogP contribution in [0.5, 0.6) is 5.75 Å². The van der Waals surface area contributed by atoms with E-state index in [9.17, 15) is 4.79 Å². The van der Waals surface area contributed by atoms with E-state index < -0.39 is 0 Å². The van der Waals surface area contributed by atoms with Crippen molar-refractivity contribution >= 4 is 5.78 Å². The van der Waals surface area contributed by atoms with Gasteiger partial charge in [0.15, 0.2) is 0 Å². The number of carbonyl (C=O) groups is 1. The second-order valence-corrected chi connectivity index (χ2v) is 7.92. The van der Waals surface area contributed by atoms with E-state index in [1.165, 1.54) is 30.4 Å². The minimum Gasteiger partial charge on any atom is -0.490 e. The quantitative estimate of drug-likeness (QED) is 0.395. The summed E-state index contributed by atoms with van der Waals surface area (Å²) in [4.78, 5) is 11.0. The molecule has 2 atom stereocenters. The van der Waals surface area contributed by atoms with Crippen molar-refractivity contribution < 1.29 is 9.53 Å².